The van der Waals surface area contributed by atoms with Gasteiger partial charge in [0, 0.05) is 19.6 Å². The Morgan fingerprint density at radius 2 is 1.56 bits per heavy atom. The molecule has 0 unspecified atom stereocenters. The number of benzene rings is 2. The molecule has 3 atom stereocenters. The van der Waals surface area contributed by atoms with Crippen molar-refractivity contribution in [3.63, 3.8) is 0 Å². The minimum atomic E-state index is -3.03. The predicted octanol–water partition coefficient (Wildman–Crippen LogP) is 5.12. The lowest BCUT2D eigenvalue weighted by Crippen LogP contribution is -2.72. The molecule has 0 radical (unpaired) electrons. The zero-order valence-electron chi connectivity index (χ0n) is 26.1. The molecule has 41 heavy (non-hydrogen) atoms. The first-order chi connectivity index (χ1) is 19.2. The van der Waals surface area contributed by atoms with E-state index in [1.807, 2.05) is 64.1 Å². The Labute approximate surface area is 247 Å². The smallest absolute Gasteiger partial charge is 0.411 e. The molecule has 2 aromatic rings. The van der Waals surface area contributed by atoms with Crippen LogP contribution in [0.15, 0.2) is 73.3 Å². The molecule has 1 N–H and O–H groups in total. The highest BCUT2D eigenvalue weighted by Crippen LogP contribution is 2.48. The number of ether oxygens (including phenoxy) is 3. The summed E-state index contributed by atoms with van der Waals surface area (Å²) in [5, 5.41) is 14.4. The van der Waals surface area contributed by atoms with Crippen LogP contribution in [0.5, 0.6) is 0 Å². The third-order valence-electron chi connectivity index (χ3n) is 8.15. The molecule has 1 amide bonds. The number of hydrogen-bond donors (Lipinski definition) is 1. The summed E-state index contributed by atoms with van der Waals surface area (Å²) in [5.74, 6) is -0.304. The van der Waals surface area contributed by atoms with Crippen molar-refractivity contribution in [1.29, 1.82) is 0 Å². The van der Waals surface area contributed by atoms with Gasteiger partial charge in [0.05, 0.1) is 13.2 Å². The van der Waals surface area contributed by atoms with Gasteiger partial charge in [-0.1, -0.05) is 94.4 Å². The first kappa shape index (κ1) is 33.0. The second kappa shape index (κ2) is 12.8. The molecule has 7 nitrogen and oxygen atoms in total. The Balaban J connectivity index is 2.26. The van der Waals surface area contributed by atoms with E-state index < -0.39 is 31.2 Å². The molecule has 1 saturated heterocycles. The second-order valence-electron chi connectivity index (χ2n) is 13.1. The number of nitrogens with zero attached hydrogens (tertiary/aromatic N) is 1. The molecule has 0 aliphatic carbocycles. The highest BCUT2D eigenvalue weighted by molar-refractivity contribution is 6.99. The van der Waals surface area contributed by atoms with Crippen molar-refractivity contribution in [3.05, 3.63) is 73.3 Å². The van der Waals surface area contributed by atoms with Crippen molar-refractivity contribution >= 4 is 24.8 Å². The first-order valence-corrected chi connectivity index (χ1v) is 16.2. The fraction of sp³-hybridized carbons (Fsp3) is 0.545. The minimum absolute atomic E-state index is 0.00166. The number of carbonyl (C=O) groups excluding carboxylic acids is 1. The molecular weight excluding hydrogens is 534 g/mol. The normalized spacial score (nSPS) is 23.4. The monoisotopic (exact) mass is 583 g/mol. The van der Waals surface area contributed by atoms with Gasteiger partial charge in [0.25, 0.3) is 8.32 Å². The summed E-state index contributed by atoms with van der Waals surface area (Å²) >= 11 is 0. The summed E-state index contributed by atoms with van der Waals surface area (Å²) < 4.78 is 24.5. The van der Waals surface area contributed by atoms with E-state index in [2.05, 4.69) is 51.6 Å². The van der Waals surface area contributed by atoms with Crippen molar-refractivity contribution in [1.82, 2.24) is 4.90 Å². The van der Waals surface area contributed by atoms with Crippen LogP contribution in [-0.2, 0) is 18.6 Å². The maximum Gasteiger partial charge on any atom is 0.411 e. The number of hydrogen-bond acceptors (Lipinski definition) is 6. The van der Waals surface area contributed by atoms with Gasteiger partial charge in [-0.05, 0) is 42.6 Å². The van der Waals surface area contributed by atoms with E-state index in [0.717, 1.165) is 10.4 Å². The Morgan fingerprint density at radius 1 is 1.02 bits per heavy atom. The van der Waals surface area contributed by atoms with E-state index in [9.17, 15) is 9.90 Å². The molecule has 0 aromatic heterocycles. The largest absolute Gasteiger partial charge is 0.444 e. The van der Waals surface area contributed by atoms with Gasteiger partial charge in [-0.3, -0.25) is 4.90 Å². The first-order valence-electron chi connectivity index (χ1n) is 14.3. The van der Waals surface area contributed by atoms with Crippen LogP contribution in [0.3, 0.4) is 0 Å². The van der Waals surface area contributed by atoms with Gasteiger partial charge in [-0.15, -0.1) is 6.58 Å². The maximum absolute atomic E-state index is 13.8. The van der Waals surface area contributed by atoms with Crippen LogP contribution in [0.1, 0.15) is 54.9 Å². The SMILES string of the molecule is C=CC[C@@]1(O)[C@H](C)CN(C(=O)OC(C)(C)C)[C@]1(COCOC)CO[Si](c1ccccc1)(c1ccccc1)C(C)(C)C. The van der Waals surface area contributed by atoms with Crippen LogP contribution in [0, 0.1) is 5.92 Å². The molecule has 3 rings (SSSR count). The van der Waals surface area contributed by atoms with Crippen molar-refractivity contribution in [2.45, 2.75) is 76.7 Å². The maximum atomic E-state index is 13.8. The molecule has 0 spiro atoms. The molecule has 1 heterocycles. The van der Waals surface area contributed by atoms with Crippen molar-refractivity contribution < 1.29 is 28.5 Å². The van der Waals surface area contributed by atoms with Crippen molar-refractivity contribution in [2.75, 3.05) is 33.7 Å². The molecule has 8 heteroatoms. The topological polar surface area (TPSA) is 77.5 Å². The molecule has 1 aliphatic heterocycles. The number of amides is 1. The van der Waals surface area contributed by atoms with Gasteiger partial charge in [-0.25, -0.2) is 4.79 Å². The second-order valence-corrected chi connectivity index (χ2v) is 17.5. The van der Waals surface area contributed by atoms with Gasteiger partial charge in [0.2, 0.25) is 0 Å². The van der Waals surface area contributed by atoms with E-state index in [1.165, 1.54) is 0 Å². The average Bonchev–Trinajstić information content (AvgIpc) is 3.11. The Morgan fingerprint density at radius 3 is 2.00 bits per heavy atom. The minimum Gasteiger partial charge on any atom is -0.444 e. The molecular formula is C33H49NO6Si. The van der Waals surface area contributed by atoms with Gasteiger partial charge in [0.1, 0.15) is 23.5 Å². The number of aliphatic hydroxyl groups is 1. The Kier molecular flexibility index (Phi) is 10.3. The van der Waals surface area contributed by atoms with Crippen LogP contribution < -0.4 is 10.4 Å². The summed E-state index contributed by atoms with van der Waals surface area (Å²) in [6.45, 7) is 18.3. The van der Waals surface area contributed by atoms with E-state index in [4.69, 9.17) is 18.6 Å². The fourth-order valence-corrected chi connectivity index (χ4v) is 10.8. The zero-order chi connectivity index (χ0) is 30.5. The van der Waals surface area contributed by atoms with Crippen LogP contribution in [-0.4, -0.2) is 74.8 Å². The highest BCUT2D eigenvalue weighted by atomic mass is 28.4. The number of rotatable bonds is 11. The zero-order valence-corrected chi connectivity index (χ0v) is 27.1. The highest BCUT2D eigenvalue weighted by Gasteiger charge is 2.65. The summed E-state index contributed by atoms with van der Waals surface area (Å²) in [6.07, 6.45) is 1.42. The van der Waals surface area contributed by atoms with Gasteiger partial charge < -0.3 is 23.7 Å². The molecule has 2 aromatic carbocycles. The number of methoxy groups -OCH3 is 1. The molecule has 0 saturated carbocycles. The van der Waals surface area contributed by atoms with Crippen molar-refractivity contribution in [3.8, 4) is 0 Å². The lowest BCUT2D eigenvalue weighted by atomic mass is 9.74. The molecule has 1 fully saturated rings. The molecule has 0 bridgehead atoms. The Hall–Kier alpha value is -2.49. The molecule has 1 aliphatic rings. The lowest BCUT2D eigenvalue weighted by molar-refractivity contribution is -0.148. The van der Waals surface area contributed by atoms with E-state index in [1.54, 1.807) is 18.1 Å². The van der Waals surface area contributed by atoms with Crippen LogP contribution in [0.4, 0.5) is 4.79 Å². The van der Waals surface area contributed by atoms with Gasteiger partial charge in [0.15, 0.2) is 0 Å². The number of likely N-dealkylation sites (tertiary alicyclic amines) is 1. The summed E-state index contributed by atoms with van der Waals surface area (Å²) in [4.78, 5) is 15.5. The summed E-state index contributed by atoms with van der Waals surface area (Å²) in [6, 6.07) is 20.6. The standard InChI is InChI=1S/C33H49NO6Si/c1-10-21-33(36)26(2)22-34(29(35)40-30(3,4)5)32(33,23-38-25-37-9)24-39-41(31(6,7)8,27-17-13-11-14-18-27)28-19-15-12-16-20-28/h10-20,26,36H,1,21-25H2,2-9H3/t26-,32-,33-/m1/s1. The predicted molar refractivity (Wildman–Crippen MR) is 166 cm³/mol. The van der Waals surface area contributed by atoms with Gasteiger partial charge in [-0.2, -0.15) is 0 Å². The molecule has 226 valence electrons. The third-order valence-corrected chi connectivity index (χ3v) is 13.1. The Bertz CT molecular complexity index is 1110. The van der Waals surface area contributed by atoms with Crippen molar-refractivity contribution in [2.24, 2.45) is 5.92 Å². The van der Waals surface area contributed by atoms with Crippen LogP contribution in [0.25, 0.3) is 0 Å². The van der Waals surface area contributed by atoms with E-state index in [0.29, 0.717) is 0 Å². The quantitative estimate of drug-likeness (QED) is 0.171. The summed E-state index contributed by atoms with van der Waals surface area (Å²) in [5.41, 5.74) is -3.41. The van der Waals surface area contributed by atoms with E-state index in [-0.39, 0.29) is 43.9 Å². The third kappa shape index (κ3) is 6.47. The average molecular weight is 584 g/mol. The number of carbonyl (C=O) groups is 1. The van der Waals surface area contributed by atoms with Gasteiger partial charge >= 0.3 is 6.09 Å². The summed E-state index contributed by atoms with van der Waals surface area (Å²) in [7, 11) is -1.49. The van der Waals surface area contributed by atoms with E-state index >= 15 is 0 Å². The van der Waals surface area contributed by atoms with Crippen LogP contribution in [0.2, 0.25) is 5.04 Å². The lowest BCUT2D eigenvalue weighted by Gasteiger charge is -2.50. The fourth-order valence-electron chi connectivity index (χ4n) is 6.20. The van der Waals surface area contributed by atoms with Crippen LogP contribution >= 0.6 is 0 Å².